The van der Waals surface area contributed by atoms with Crippen molar-refractivity contribution in [1.29, 1.82) is 0 Å². The van der Waals surface area contributed by atoms with Crippen molar-refractivity contribution in [3.8, 4) is 11.3 Å². The van der Waals surface area contributed by atoms with Gasteiger partial charge in [-0.2, -0.15) is 0 Å². The summed E-state index contributed by atoms with van der Waals surface area (Å²) in [5.74, 6) is -0.0391. The number of fused-ring (bicyclic) bond motifs is 2. The van der Waals surface area contributed by atoms with Crippen molar-refractivity contribution in [2.45, 2.75) is 13.1 Å². The number of imidazole rings is 1. The fourth-order valence-electron chi connectivity index (χ4n) is 3.72. The molecule has 0 fully saturated rings. The van der Waals surface area contributed by atoms with E-state index in [0.29, 0.717) is 13.1 Å². The SMILES string of the molecule is Nc1ccc2c(c1)CN(C(=O)/C=C/c1c(-c3cccnc3)nc3ccccn13)C2. The van der Waals surface area contributed by atoms with Crippen molar-refractivity contribution >= 4 is 23.3 Å². The summed E-state index contributed by atoms with van der Waals surface area (Å²) >= 11 is 0. The molecule has 0 radical (unpaired) electrons. The molecule has 142 valence electrons. The highest BCUT2D eigenvalue weighted by molar-refractivity contribution is 5.93. The second-order valence-corrected chi connectivity index (χ2v) is 7.07. The van der Waals surface area contributed by atoms with E-state index in [1.807, 2.05) is 70.1 Å². The average molecular weight is 381 g/mol. The van der Waals surface area contributed by atoms with Crippen LogP contribution in [-0.4, -0.2) is 25.2 Å². The molecule has 1 amide bonds. The summed E-state index contributed by atoms with van der Waals surface area (Å²) in [4.78, 5) is 23.6. The van der Waals surface area contributed by atoms with E-state index in [4.69, 9.17) is 10.7 Å². The van der Waals surface area contributed by atoms with Crippen molar-refractivity contribution in [2.24, 2.45) is 0 Å². The molecular formula is C23H19N5O. The Morgan fingerprint density at radius 2 is 1.97 bits per heavy atom. The maximum Gasteiger partial charge on any atom is 0.247 e. The van der Waals surface area contributed by atoms with Crippen LogP contribution in [0.1, 0.15) is 16.8 Å². The van der Waals surface area contributed by atoms with Crippen LogP contribution in [0.3, 0.4) is 0 Å². The van der Waals surface area contributed by atoms with Crippen LogP contribution in [0.2, 0.25) is 0 Å². The number of rotatable bonds is 3. The number of amides is 1. The summed E-state index contributed by atoms with van der Waals surface area (Å²) in [6.45, 7) is 1.17. The van der Waals surface area contributed by atoms with E-state index < -0.39 is 0 Å². The Hall–Kier alpha value is -3.93. The first-order chi connectivity index (χ1) is 14.2. The van der Waals surface area contributed by atoms with Gasteiger partial charge in [0.25, 0.3) is 0 Å². The van der Waals surface area contributed by atoms with Gasteiger partial charge in [0.2, 0.25) is 5.91 Å². The molecule has 29 heavy (non-hydrogen) atoms. The quantitative estimate of drug-likeness (QED) is 0.435. The first-order valence-corrected chi connectivity index (χ1v) is 9.41. The number of nitrogens with zero attached hydrogens (tertiary/aromatic N) is 4. The Balaban J connectivity index is 1.47. The molecule has 1 aliphatic heterocycles. The lowest BCUT2D eigenvalue weighted by atomic mass is 10.1. The van der Waals surface area contributed by atoms with Crippen LogP contribution < -0.4 is 5.73 Å². The van der Waals surface area contributed by atoms with E-state index in [-0.39, 0.29) is 5.91 Å². The van der Waals surface area contributed by atoms with Gasteiger partial charge in [-0.3, -0.25) is 14.2 Å². The molecule has 0 spiro atoms. The van der Waals surface area contributed by atoms with Crippen molar-refractivity contribution in [3.05, 3.63) is 90.0 Å². The molecule has 0 aliphatic carbocycles. The summed E-state index contributed by atoms with van der Waals surface area (Å²) in [5.41, 5.74) is 12.2. The van der Waals surface area contributed by atoms with E-state index >= 15 is 0 Å². The van der Waals surface area contributed by atoms with Gasteiger partial charge in [0.1, 0.15) is 5.65 Å². The molecule has 0 saturated heterocycles. The van der Waals surface area contributed by atoms with Crippen LogP contribution >= 0.6 is 0 Å². The van der Waals surface area contributed by atoms with Crippen molar-refractivity contribution in [1.82, 2.24) is 19.3 Å². The van der Waals surface area contributed by atoms with E-state index in [2.05, 4.69) is 4.98 Å². The normalized spacial score (nSPS) is 13.3. The van der Waals surface area contributed by atoms with E-state index in [1.54, 1.807) is 18.5 Å². The van der Waals surface area contributed by atoms with Crippen molar-refractivity contribution < 1.29 is 4.79 Å². The number of carbonyl (C=O) groups is 1. The zero-order valence-corrected chi connectivity index (χ0v) is 15.7. The maximum absolute atomic E-state index is 12.8. The third kappa shape index (κ3) is 3.14. The number of nitrogens with two attached hydrogens (primary N) is 1. The molecule has 6 heteroatoms. The highest BCUT2D eigenvalue weighted by atomic mass is 16.2. The number of nitrogen functional groups attached to an aromatic ring is 1. The molecule has 2 N–H and O–H groups in total. The second kappa shape index (κ2) is 6.91. The minimum absolute atomic E-state index is 0.0391. The Bertz CT molecular complexity index is 1240. The minimum Gasteiger partial charge on any atom is -0.399 e. The molecular weight excluding hydrogens is 362 g/mol. The van der Waals surface area contributed by atoms with Crippen LogP contribution in [0.5, 0.6) is 0 Å². The van der Waals surface area contributed by atoms with E-state index in [1.165, 1.54) is 0 Å². The molecule has 3 aromatic heterocycles. The van der Waals surface area contributed by atoms with Crippen LogP contribution in [0, 0.1) is 0 Å². The van der Waals surface area contributed by atoms with Crippen molar-refractivity contribution in [3.63, 3.8) is 0 Å². The largest absolute Gasteiger partial charge is 0.399 e. The average Bonchev–Trinajstić information content (AvgIpc) is 3.34. The van der Waals surface area contributed by atoms with Crippen LogP contribution in [-0.2, 0) is 17.9 Å². The van der Waals surface area contributed by atoms with Gasteiger partial charge in [-0.15, -0.1) is 0 Å². The van der Waals surface area contributed by atoms with Gasteiger partial charge in [0.05, 0.1) is 11.4 Å². The first kappa shape index (κ1) is 17.2. The molecule has 4 aromatic rings. The molecule has 1 aliphatic rings. The van der Waals surface area contributed by atoms with Crippen molar-refractivity contribution in [2.75, 3.05) is 5.73 Å². The van der Waals surface area contributed by atoms with Gasteiger partial charge in [-0.1, -0.05) is 12.1 Å². The smallest absolute Gasteiger partial charge is 0.247 e. The van der Waals surface area contributed by atoms with Gasteiger partial charge in [-0.05, 0) is 53.6 Å². The number of pyridine rings is 2. The van der Waals surface area contributed by atoms with E-state index in [0.717, 1.165) is 39.4 Å². The zero-order valence-electron chi connectivity index (χ0n) is 15.7. The Morgan fingerprint density at radius 1 is 1.07 bits per heavy atom. The molecule has 0 atom stereocenters. The predicted octanol–water partition coefficient (Wildman–Crippen LogP) is 3.53. The molecule has 0 unspecified atom stereocenters. The van der Waals surface area contributed by atoms with Gasteiger partial charge in [-0.25, -0.2) is 4.98 Å². The monoisotopic (exact) mass is 381 g/mol. The maximum atomic E-state index is 12.8. The van der Waals surface area contributed by atoms with Crippen LogP contribution in [0.25, 0.3) is 23.0 Å². The predicted molar refractivity (Wildman–Crippen MR) is 113 cm³/mol. The fourth-order valence-corrected chi connectivity index (χ4v) is 3.72. The zero-order chi connectivity index (χ0) is 19.8. The summed E-state index contributed by atoms with van der Waals surface area (Å²) < 4.78 is 1.98. The first-order valence-electron chi connectivity index (χ1n) is 9.41. The second-order valence-electron chi connectivity index (χ2n) is 7.07. The number of benzene rings is 1. The number of anilines is 1. The van der Waals surface area contributed by atoms with Crippen LogP contribution in [0.15, 0.2) is 73.2 Å². The summed E-state index contributed by atoms with van der Waals surface area (Å²) in [6, 6.07) is 15.5. The number of carbonyl (C=O) groups excluding carboxylic acids is 1. The molecule has 0 bridgehead atoms. The molecule has 4 heterocycles. The van der Waals surface area contributed by atoms with Gasteiger partial charge < -0.3 is 10.6 Å². The minimum atomic E-state index is -0.0391. The highest BCUT2D eigenvalue weighted by Crippen LogP contribution is 2.27. The Labute approximate surface area is 167 Å². The number of hydrogen-bond acceptors (Lipinski definition) is 4. The third-order valence-electron chi connectivity index (χ3n) is 5.15. The Morgan fingerprint density at radius 3 is 2.83 bits per heavy atom. The topological polar surface area (TPSA) is 76.5 Å². The number of hydrogen-bond donors (Lipinski definition) is 1. The van der Waals surface area contributed by atoms with E-state index in [9.17, 15) is 4.79 Å². The van der Waals surface area contributed by atoms with Gasteiger partial charge in [0.15, 0.2) is 0 Å². The summed E-state index contributed by atoms with van der Waals surface area (Å²) in [7, 11) is 0. The highest BCUT2D eigenvalue weighted by Gasteiger charge is 2.22. The lowest BCUT2D eigenvalue weighted by molar-refractivity contribution is -0.126. The van der Waals surface area contributed by atoms with Gasteiger partial charge in [0, 0.05) is 49.0 Å². The Kier molecular flexibility index (Phi) is 4.09. The number of aromatic nitrogens is 3. The molecule has 1 aromatic carbocycles. The lowest BCUT2D eigenvalue weighted by Gasteiger charge is -2.12. The standard InChI is InChI=1S/C23H19N5O/c24-19-7-6-17-14-27(15-18(17)12-19)22(29)9-8-20-23(16-4-3-10-25-13-16)26-21-5-1-2-11-28(20)21/h1-13H,14-15,24H2/b9-8+. The van der Waals surface area contributed by atoms with Gasteiger partial charge >= 0.3 is 0 Å². The van der Waals surface area contributed by atoms with Crippen LogP contribution in [0.4, 0.5) is 5.69 Å². The molecule has 0 saturated carbocycles. The molecule has 6 nitrogen and oxygen atoms in total. The third-order valence-corrected chi connectivity index (χ3v) is 5.15. The lowest BCUT2D eigenvalue weighted by Crippen LogP contribution is -2.22. The fraction of sp³-hybridized carbons (Fsp3) is 0.0870. The summed E-state index contributed by atoms with van der Waals surface area (Å²) in [6.07, 6.45) is 8.91. The molecule has 5 rings (SSSR count). The summed E-state index contributed by atoms with van der Waals surface area (Å²) in [5, 5.41) is 0.